The molecule has 0 saturated carbocycles. The van der Waals surface area contributed by atoms with Crippen molar-refractivity contribution in [2.45, 2.75) is 26.8 Å². The van der Waals surface area contributed by atoms with Crippen molar-refractivity contribution < 1.29 is 9.53 Å². The summed E-state index contributed by atoms with van der Waals surface area (Å²) in [6.07, 6.45) is 0.830. The third-order valence-corrected chi connectivity index (χ3v) is 2.19. The topological polar surface area (TPSA) is 67.0 Å². The Morgan fingerprint density at radius 2 is 2.20 bits per heavy atom. The van der Waals surface area contributed by atoms with Gasteiger partial charge in [0.25, 0.3) is 0 Å². The number of nitrogens with one attached hydrogen (secondary N) is 2. The molecule has 2 rings (SSSR count). The first-order valence-electron chi connectivity index (χ1n) is 5.18. The van der Waals surface area contributed by atoms with E-state index < -0.39 is 0 Å². The molecule has 0 fully saturated rings. The molecular formula is C10H17N3O2. The largest absolute Gasteiger partial charge is 0.464 e. The minimum atomic E-state index is -0.362. The number of carbonyl (C=O) groups is 1. The predicted molar refractivity (Wildman–Crippen MR) is 56.7 cm³/mol. The van der Waals surface area contributed by atoms with Gasteiger partial charge in [0, 0.05) is 12.1 Å². The van der Waals surface area contributed by atoms with Gasteiger partial charge in [0.1, 0.15) is 0 Å². The number of methoxy groups -OCH3 is 1. The van der Waals surface area contributed by atoms with Crippen LogP contribution in [0.4, 0.5) is 0 Å². The molecule has 0 atom stereocenters. The first-order valence-corrected chi connectivity index (χ1v) is 5.18. The van der Waals surface area contributed by atoms with Crippen LogP contribution in [0.5, 0.6) is 0 Å². The molecule has 1 aromatic heterocycles. The highest BCUT2D eigenvalue weighted by atomic mass is 16.5. The van der Waals surface area contributed by atoms with Crippen LogP contribution < -0.4 is 5.32 Å². The quantitative estimate of drug-likeness (QED) is 0.676. The lowest BCUT2D eigenvalue weighted by Crippen LogP contribution is -2.24. The van der Waals surface area contributed by atoms with Gasteiger partial charge in [-0.15, -0.1) is 0 Å². The highest BCUT2D eigenvalue weighted by Gasteiger charge is 2.21. The number of H-pyrrole nitrogens is 1. The Hall–Kier alpha value is -1.36. The lowest BCUT2D eigenvalue weighted by molar-refractivity contribution is 0.0592. The van der Waals surface area contributed by atoms with Crippen molar-refractivity contribution >= 4 is 5.97 Å². The summed E-state index contributed by atoms with van der Waals surface area (Å²) in [5.74, 6) is -0.362. The Labute approximate surface area is 89.2 Å². The lowest BCUT2D eigenvalue weighted by Gasteiger charge is -2.11. The zero-order valence-electron chi connectivity index (χ0n) is 9.39. The number of carbonyl (C=O) groups excluding carboxylic acids is 1. The minimum Gasteiger partial charge on any atom is -0.464 e. The number of ether oxygens (including phenoxy) is 1. The van der Waals surface area contributed by atoms with Gasteiger partial charge in [-0.1, -0.05) is 13.8 Å². The van der Waals surface area contributed by atoms with Gasteiger partial charge >= 0.3 is 5.97 Å². The van der Waals surface area contributed by atoms with Gasteiger partial charge in [-0.25, -0.2) is 4.79 Å². The summed E-state index contributed by atoms with van der Waals surface area (Å²) in [7, 11) is 1.37. The number of nitrogens with zero attached hydrogens (tertiary/aromatic N) is 1. The highest BCUT2D eigenvalue weighted by molar-refractivity contribution is 5.89. The van der Waals surface area contributed by atoms with E-state index in [4.69, 9.17) is 0 Å². The summed E-state index contributed by atoms with van der Waals surface area (Å²) in [6.45, 7) is 5.63. The van der Waals surface area contributed by atoms with Crippen LogP contribution in [0.15, 0.2) is 0 Å². The number of aromatic nitrogens is 2. The molecule has 0 saturated heterocycles. The van der Waals surface area contributed by atoms with Crippen LogP contribution in [-0.4, -0.2) is 29.8 Å². The third kappa shape index (κ3) is 2.36. The van der Waals surface area contributed by atoms with Crippen LogP contribution in [0.25, 0.3) is 0 Å². The predicted octanol–water partition coefficient (Wildman–Crippen LogP) is 0.868. The van der Waals surface area contributed by atoms with Crippen LogP contribution in [0.2, 0.25) is 0 Å². The van der Waals surface area contributed by atoms with E-state index in [0.29, 0.717) is 5.69 Å². The number of hydrogen-bond donors (Lipinski definition) is 2. The molecule has 1 aliphatic rings. The van der Waals surface area contributed by atoms with Gasteiger partial charge < -0.3 is 10.1 Å². The van der Waals surface area contributed by atoms with Gasteiger partial charge in [-0.2, -0.15) is 5.10 Å². The van der Waals surface area contributed by atoms with Crippen LogP contribution in [0.1, 0.15) is 35.6 Å². The zero-order chi connectivity index (χ0) is 11.3. The highest BCUT2D eigenvalue weighted by Crippen LogP contribution is 2.15. The van der Waals surface area contributed by atoms with Crippen LogP contribution in [0.3, 0.4) is 0 Å². The minimum absolute atomic E-state index is 0.362. The molecule has 0 aliphatic carbocycles. The Bertz CT molecular complexity index is 333. The van der Waals surface area contributed by atoms with E-state index in [9.17, 15) is 4.79 Å². The molecule has 0 spiro atoms. The van der Waals surface area contributed by atoms with E-state index in [2.05, 4.69) is 20.3 Å². The first-order chi connectivity index (χ1) is 7.33. The monoisotopic (exact) mass is 211 g/mol. The summed E-state index contributed by atoms with van der Waals surface area (Å²) < 4.78 is 4.62. The second-order valence-corrected chi connectivity index (χ2v) is 2.95. The van der Waals surface area contributed by atoms with Crippen molar-refractivity contribution in [1.29, 1.82) is 0 Å². The standard InChI is InChI=1S/C8H11N3O2.C2H6/c1-13-8(12)7-5-2-3-9-4-6(5)10-11-7;1-2/h9H,2-4H2,1H3,(H,10,11);1-2H3. The van der Waals surface area contributed by atoms with E-state index in [1.54, 1.807) is 0 Å². The fraction of sp³-hybridized carbons (Fsp3) is 0.600. The third-order valence-electron chi connectivity index (χ3n) is 2.19. The molecule has 0 bridgehead atoms. The summed E-state index contributed by atoms with van der Waals surface area (Å²) in [5.41, 5.74) is 2.41. The van der Waals surface area contributed by atoms with E-state index >= 15 is 0 Å². The van der Waals surface area contributed by atoms with E-state index in [-0.39, 0.29) is 5.97 Å². The maximum atomic E-state index is 11.2. The molecule has 5 nitrogen and oxygen atoms in total. The maximum Gasteiger partial charge on any atom is 0.358 e. The molecule has 2 N–H and O–H groups in total. The smallest absolute Gasteiger partial charge is 0.358 e. The van der Waals surface area contributed by atoms with Gasteiger partial charge in [-0.3, -0.25) is 5.10 Å². The molecule has 84 valence electrons. The van der Waals surface area contributed by atoms with Crippen LogP contribution in [0, 0.1) is 0 Å². The Morgan fingerprint density at radius 1 is 1.47 bits per heavy atom. The summed E-state index contributed by atoms with van der Waals surface area (Å²) >= 11 is 0. The molecule has 0 amide bonds. The SMILES string of the molecule is CC.COC(=O)c1n[nH]c2c1CCNC2. The van der Waals surface area contributed by atoms with Crippen LogP contribution >= 0.6 is 0 Å². The first kappa shape index (κ1) is 11.7. The number of rotatable bonds is 1. The second-order valence-electron chi connectivity index (χ2n) is 2.95. The number of fused-ring (bicyclic) bond motifs is 1. The van der Waals surface area contributed by atoms with Gasteiger partial charge in [0.05, 0.1) is 12.8 Å². The molecule has 0 aromatic carbocycles. The second kappa shape index (κ2) is 5.50. The van der Waals surface area contributed by atoms with Crippen molar-refractivity contribution in [3.05, 3.63) is 17.0 Å². The van der Waals surface area contributed by atoms with Crippen molar-refractivity contribution in [2.24, 2.45) is 0 Å². The number of aromatic amines is 1. The number of hydrogen-bond acceptors (Lipinski definition) is 4. The van der Waals surface area contributed by atoms with Gasteiger partial charge in [-0.05, 0) is 13.0 Å². The fourth-order valence-electron chi connectivity index (χ4n) is 1.51. The summed E-state index contributed by atoms with van der Waals surface area (Å²) in [4.78, 5) is 11.2. The van der Waals surface area contributed by atoms with Crippen molar-refractivity contribution in [1.82, 2.24) is 15.5 Å². The van der Waals surface area contributed by atoms with Crippen molar-refractivity contribution in [2.75, 3.05) is 13.7 Å². The zero-order valence-corrected chi connectivity index (χ0v) is 9.39. The van der Waals surface area contributed by atoms with E-state index in [0.717, 1.165) is 30.8 Å². The maximum absolute atomic E-state index is 11.2. The molecule has 2 heterocycles. The molecule has 0 radical (unpaired) electrons. The molecular weight excluding hydrogens is 194 g/mol. The Kier molecular flexibility index (Phi) is 4.30. The van der Waals surface area contributed by atoms with Gasteiger partial charge in [0.15, 0.2) is 5.69 Å². The molecule has 1 aromatic rings. The molecule has 15 heavy (non-hydrogen) atoms. The number of esters is 1. The summed E-state index contributed by atoms with van der Waals surface area (Å²) in [5, 5.41) is 9.94. The molecule has 5 heteroatoms. The fourth-order valence-corrected chi connectivity index (χ4v) is 1.51. The Balaban J connectivity index is 0.000000531. The molecule has 0 unspecified atom stereocenters. The van der Waals surface area contributed by atoms with Crippen molar-refractivity contribution in [3.8, 4) is 0 Å². The van der Waals surface area contributed by atoms with Crippen LogP contribution in [-0.2, 0) is 17.7 Å². The molecule has 1 aliphatic heterocycles. The lowest BCUT2D eigenvalue weighted by atomic mass is 10.1. The van der Waals surface area contributed by atoms with Crippen molar-refractivity contribution in [3.63, 3.8) is 0 Å². The van der Waals surface area contributed by atoms with E-state index in [1.807, 2.05) is 13.8 Å². The normalized spacial score (nSPS) is 13.5. The average molecular weight is 211 g/mol. The van der Waals surface area contributed by atoms with E-state index in [1.165, 1.54) is 7.11 Å². The average Bonchev–Trinajstić information content (AvgIpc) is 2.74. The van der Waals surface area contributed by atoms with Gasteiger partial charge in [0.2, 0.25) is 0 Å². The summed E-state index contributed by atoms with van der Waals surface area (Å²) in [6, 6.07) is 0. The Morgan fingerprint density at radius 3 is 2.87 bits per heavy atom.